The third kappa shape index (κ3) is 5.91. The number of nitriles is 1. The molecular weight excluding hydrogens is 180 g/mol. The zero-order valence-electron chi connectivity index (χ0n) is 8.63. The van der Waals surface area contributed by atoms with Gasteiger partial charge in [0, 0.05) is 6.42 Å². The van der Waals surface area contributed by atoms with E-state index in [9.17, 15) is 4.79 Å². The first-order valence-electron chi connectivity index (χ1n) is 4.21. The third-order valence-corrected chi connectivity index (χ3v) is 1.17. The second-order valence-corrected chi connectivity index (χ2v) is 3.74. The van der Waals surface area contributed by atoms with Crippen molar-refractivity contribution in [3.05, 3.63) is 0 Å². The SMILES string of the molecule is C#CCC(C#N)NC(=O)OC(C)(C)C. The average molecular weight is 194 g/mol. The van der Waals surface area contributed by atoms with E-state index in [0.717, 1.165) is 0 Å². The van der Waals surface area contributed by atoms with Crippen LogP contribution in [0.2, 0.25) is 0 Å². The summed E-state index contributed by atoms with van der Waals surface area (Å²) < 4.78 is 4.95. The highest BCUT2D eigenvalue weighted by molar-refractivity contribution is 5.68. The van der Waals surface area contributed by atoms with Crippen LogP contribution in [0.15, 0.2) is 0 Å². The average Bonchev–Trinajstić information content (AvgIpc) is 2.00. The topological polar surface area (TPSA) is 62.1 Å². The number of ether oxygens (including phenoxy) is 1. The normalized spacial score (nSPS) is 12.1. The molecule has 0 saturated heterocycles. The van der Waals surface area contributed by atoms with Gasteiger partial charge in [0.1, 0.15) is 11.6 Å². The van der Waals surface area contributed by atoms with Gasteiger partial charge in [0.25, 0.3) is 0 Å². The first kappa shape index (κ1) is 12.3. The fourth-order valence-corrected chi connectivity index (χ4v) is 0.697. The highest BCUT2D eigenvalue weighted by Crippen LogP contribution is 2.06. The van der Waals surface area contributed by atoms with Gasteiger partial charge >= 0.3 is 6.09 Å². The van der Waals surface area contributed by atoms with E-state index in [1.807, 2.05) is 6.07 Å². The summed E-state index contributed by atoms with van der Waals surface area (Å²) in [6.07, 6.45) is 4.57. The molecule has 1 atom stereocenters. The van der Waals surface area contributed by atoms with Crippen LogP contribution >= 0.6 is 0 Å². The fourth-order valence-electron chi connectivity index (χ4n) is 0.697. The minimum Gasteiger partial charge on any atom is -0.444 e. The van der Waals surface area contributed by atoms with Gasteiger partial charge in [-0.05, 0) is 20.8 Å². The van der Waals surface area contributed by atoms with Crippen LogP contribution in [0.5, 0.6) is 0 Å². The molecular formula is C10H14N2O2. The molecule has 0 aromatic heterocycles. The van der Waals surface area contributed by atoms with E-state index in [4.69, 9.17) is 16.4 Å². The highest BCUT2D eigenvalue weighted by atomic mass is 16.6. The molecule has 4 heteroatoms. The van der Waals surface area contributed by atoms with Gasteiger partial charge in [0.2, 0.25) is 0 Å². The maximum absolute atomic E-state index is 11.1. The minimum atomic E-state index is -0.685. The number of nitrogens with zero attached hydrogens (tertiary/aromatic N) is 1. The number of rotatable bonds is 2. The molecule has 76 valence electrons. The van der Waals surface area contributed by atoms with Crippen molar-refractivity contribution < 1.29 is 9.53 Å². The molecule has 0 aromatic rings. The van der Waals surface area contributed by atoms with Crippen molar-refractivity contribution >= 4 is 6.09 Å². The Morgan fingerprint density at radius 2 is 2.21 bits per heavy atom. The Balaban J connectivity index is 4.07. The number of nitrogens with one attached hydrogen (secondary N) is 1. The highest BCUT2D eigenvalue weighted by Gasteiger charge is 2.18. The number of amides is 1. The van der Waals surface area contributed by atoms with Gasteiger partial charge in [-0.2, -0.15) is 5.26 Å². The van der Waals surface area contributed by atoms with E-state index in [-0.39, 0.29) is 6.42 Å². The maximum atomic E-state index is 11.1. The van der Waals surface area contributed by atoms with Gasteiger partial charge in [0.05, 0.1) is 6.07 Å². The lowest BCUT2D eigenvalue weighted by Gasteiger charge is -2.20. The number of alkyl carbamates (subject to hydrolysis) is 1. The Hall–Kier alpha value is -1.68. The molecule has 0 aromatic carbocycles. The lowest BCUT2D eigenvalue weighted by atomic mass is 10.2. The molecule has 0 radical (unpaired) electrons. The monoisotopic (exact) mass is 194 g/mol. The summed E-state index contributed by atoms with van der Waals surface area (Å²) in [6, 6.07) is 1.18. The summed E-state index contributed by atoms with van der Waals surface area (Å²) in [5.74, 6) is 2.29. The van der Waals surface area contributed by atoms with Gasteiger partial charge < -0.3 is 10.1 Å². The summed E-state index contributed by atoms with van der Waals surface area (Å²) in [4.78, 5) is 11.1. The Bertz CT molecular complexity index is 278. The molecule has 14 heavy (non-hydrogen) atoms. The van der Waals surface area contributed by atoms with Crippen LogP contribution in [0.1, 0.15) is 27.2 Å². The second kappa shape index (κ2) is 5.14. The Morgan fingerprint density at radius 1 is 1.64 bits per heavy atom. The van der Waals surface area contributed by atoms with Gasteiger partial charge in [-0.1, -0.05) is 0 Å². The number of carbonyl (C=O) groups is 1. The van der Waals surface area contributed by atoms with E-state index < -0.39 is 17.7 Å². The van der Waals surface area contributed by atoms with E-state index in [0.29, 0.717) is 0 Å². The van der Waals surface area contributed by atoms with Gasteiger partial charge in [0.15, 0.2) is 0 Å². The number of terminal acetylenes is 1. The third-order valence-electron chi connectivity index (χ3n) is 1.17. The molecule has 0 aliphatic rings. The van der Waals surface area contributed by atoms with Crippen molar-refractivity contribution in [2.24, 2.45) is 0 Å². The van der Waals surface area contributed by atoms with E-state index in [1.54, 1.807) is 20.8 Å². The molecule has 1 N–H and O–H groups in total. The van der Waals surface area contributed by atoms with E-state index in [2.05, 4.69) is 11.2 Å². The molecule has 0 spiro atoms. The van der Waals surface area contributed by atoms with E-state index in [1.165, 1.54) is 0 Å². The molecule has 1 amide bonds. The van der Waals surface area contributed by atoms with Crippen LogP contribution < -0.4 is 5.32 Å². The number of hydrogen-bond acceptors (Lipinski definition) is 3. The molecule has 0 fully saturated rings. The molecule has 0 saturated carbocycles. The predicted octanol–water partition coefficient (Wildman–Crippen LogP) is 1.43. The van der Waals surface area contributed by atoms with Crippen molar-refractivity contribution in [1.29, 1.82) is 5.26 Å². The standard InChI is InChI=1S/C10H14N2O2/c1-5-6-8(7-11)12-9(13)14-10(2,3)4/h1,8H,6H2,2-4H3,(H,12,13). The summed E-state index contributed by atoms with van der Waals surface area (Å²) in [5.41, 5.74) is -0.569. The largest absolute Gasteiger partial charge is 0.444 e. The van der Waals surface area contributed by atoms with Crippen molar-refractivity contribution in [1.82, 2.24) is 5.32 Å². The molecule has 1 unspecified atom stereocenters. The molecule has 0 aliphatic heterocycles. The van der Waals surface area contributed by atoms with E-state index >= 15 is 0 Å². The van der Waals surface area contributed by atoms with Crippen LogP contribution in [0.4, 0.5) is 4.79 Å². The van der Waals surface area contributed by atoms with Crippen molar-refractivity contribution in [2.75, 3.05) is 0 Å². The zero-order valence-corrected chi connectivity index (χ0v) is 8.63. The quantitative estimate of drug-likeness (QED) is 0.676. The van der Waals surface area contributed by atoms with Gasteiger partial charge in [-0.15, -0.1) is 12.3 Å². The fraction of sp³-hybridized carbons (Fsp3) is 0.600. The minimum absolute atomic E-state index is 0.176. The van der Waals surface area contributed by atoms with Gasteiger partial charge in [-0.3, -0.25) is 0 Å². The Kier molecular flexibility index (Phi) is 4.52. The summed E-state index contributed by atoms with van der Waals surface area (Å²) in [7, 11) is 0. The number of hydrogen-bond donors (Lipinski definition) is 1. The molecule has 0 heterocycles. The first-order chi connectivity index (χ1) is 6.39. The van der Waals surface area contributed by atoms with Crippen LogP contribution in [-0.4, -0.2) is 17.7 Å². The Labute approximate surface area is 84.2 Å². The zero-order chi connectivity index (χ0) is 11.2. The molecule has 0 rings (SSSR count). The van der Waals surface area contributed by atoms with Crippen LogP contribution in [0.3, 0.4) is 0 Å². The van der Waals surface area contributed by atoms with Gasteiger partial charge in [-0.25, -0.2) is 4.79 Å². The number of carbonyl (C=O) groups excluding carboxylic acids is 1. The van der Waals surface area contributed by atoms with Crippen LogP contribution in [0.25, 0.3) is 0 Å². The van der Waals surface area contributed by atoms with Crippen molar-refractivity contribution in [3.8, 4) is 18.4 Å². The van der Waals surface area contributed by atoms with Crippen LogP contribution in [-0.2, 0) is 4.74 Å². The summed E-state index contributed by atoms with van der Waals surface area (Å²) in [5, 5.41) is 10.9. The smallest absolute Gasteiger partial charge is 0.408 e. The van der Waals surface area contributed by atoms with Crippen LogP contribution in [0, 0.1) is 23.7 Å². The summed E-state index contributed by atoms with van der Waals surface area (Å²) in [6.45, 7) is 5.24. The summed E-state index contributed by atoms with van der Waals surface area (Å²) >= 11 is 0. The Morgan fingerprint density at radius 3 is 2.57 bits per heavy atom. The lowest BCUT2D eigenvalue weighted by Crippen LogP contribution is -2.38. The molecule has 0 aliphatic carbocycles. The lowest BCUT2D eigenvalue weighted by molar-refractivity contribution is 0.0516. The first-order valence-corrected chi connectivity index (χ1v) is 4.21. The molecule has 4 nitrogen and oxygen atoms in total. The van der Waals surface area contributed by atoms with Crippen molar-refractivity contribution in [2.45, 2.75) is 38.8 Å². The maximum Gasteiger partial charge on any atom is 0.408 e. The van der Waals surface area contributed by atoms with Crippen molar-refractivity contribution in [3.63, 3.8) is 0 Å². The second-order valence-electron chi connectivity index (χ2n) is 3.74. The molecule has 0 bridgehead atoms. The predicted molar refractivity (Wildman–Crippen MR) is 52.2 cm³/mol.